The highest BCUT2D eigenvalue weighted by molar-refractivity contribution is 7.92. The minimum absolute atomic E-state index is 0.0672. The number of piperidine rings is 1. The SMILES string of the molecule is C=CCOC(=O)N1CCC(CC(=O)N2CC(S(C)(=N)=O)C2)CC1. The molecule has 0 spiro atoms. The van der Waals surface area contributed by atoms with Gasteiger partial charge in [-0.1, -0.05) is 12.7 Å². The van der Waals surface area contributed by atoms with Gasteiger partial charge in [0.2, 0.25) is 5.91 Å². The van der Waals surface area contributed by atoms with Gasteiger partial charge in [0.1, 0.15) is 6.61 Å². The van der Waals surface area contributed by atoms with Gasteiger partial charge in [-0.05, 0) is 18.8 Å². The van der Waals surface area contributed by atoms with Crippen LogP contribution in [-0.2, 0) is 19.3 Å². The molecule has 0 aromatic heterocycles. The lowest BCUT2D eigenvalue weighted by Crippen LogP contribution is -2.56. The van der Waals surface area contributed by atoms with E-state index in [1.165, 1.54) is 12.3 Å². The molecule has 0 saturated carbocycles. The summed E-state index contributed by atoms with van der Waals surface area (Å²) in [5.74, 6) is 0.338. The zero-order valence-electron chi connectivity index (χ0n) is 13.5. The van der Waals surface area contributed by atoms with Crippen molar-refractivity contribution in [3.63, 3.8) is 0 Å². The Labute approximate surface area is 137 Å². The molecule has 2 aliphatic heterocycles. The van der Waals surface area contributed by atoms with Crippen molar-refractivity contribution in [1.82, 2.24) is 9.80 Å². The lowest BCUT2D eigenvalue weighted by molar-refractivity contribution is -0.135. The molecule has 2 fully saturated rings. The zero-order chi connectivity index (χ0) is 17.0. The number of nitrogens with zero attached hydrogens (tertiary/aromatic N) is 2. The molecule has 1 atom stereocenters. The van der Waals surface area contributed by atoms with E-state index in [9.17, 15) is 13.8 Å². The van der Waals surface area contributed by atoms with E-state index >= 15 is 0 Å². The van der Waals surface area contributed by atoms with Gasteiger partial charge in [-0.15, -0.1) is 0 Å². The molecule has 23 heavy (non-hydrogen) atoms. The molecule has 7 nitrogen and oxygen atoms in total. The summed E-state index contributed by atoms with van der Waals surface area (Å²) in [4.78, 5) is 27.2. The summed E-state index contributed by atoms with van der Waals surface area (Å²) in [5, 5.41) is -0.187. The van der Waals surface area contributed by atoms with Crippen LogP contribution < -0.4 is 0 Å². The monoisotopic (exact) mass is 343 g/mol. The van der Waals surface area contributed by atoms with Crippen LogP contribution in [0.4, 0.5) is 4.79 Å². The molecule has 8 heteroatoms. The second kappa shape index (κ2) is 7.33. The number of ether oxygens (including phenoxy) is 1. The predicted molar refractivity (Wildman–Crippen MR) is 87.6 cm³/mol. The van der Waals surface area contributed by atoms with Crippen molar-refractivity contribution in [2.24, 2.45) is 5.92 Å². The number of hydrogen-bond donors (Lipinski definition) is 1. The van der Waals surface area contributed by atoms with E-state index in [1.54, 1.807) is 9.80 Å². The van der Waals surface area contributed by atoms with Gasteiger partial charge in [0.05, 0.1) is 5.25 Å². The maximum atomic E-state index is 12.2. The fourth-order valence-corrected chi connectivity index (χ4v) is 3.77. The van der Waals surface area contributed by atoms with Gasteiger partial charge in [-0.25, -0.2) is 9.00 Å². The second-order valence-corrected chi connectivity index (χ2v) is 8.80. The van der Waals surface area contributed by atoms with E-state index in [1.807, 2.05) is 0 Å². The van der Waals surface area contributed by atoms with Crippen LogP contribution in [0.3, 0.4) is 0 Å². The number of likely N-dealkylation sites (tertiary alicyclic amines) is 2. The van der Waals surface area contributed by atoms with Crippen LogP contribution in [-0.4, -0.2) is 70.3 Å². The Morgan fingerprint density at radius 3 is 2.43 bits per heavy atom. The highest BCUT2D eigenvalue weighted by atomic mass is 32.2. The summed E-state index contributed by atoms with van der Waals surface area (Å²) >= 11 is 0. The van der Waals surface area contributed by atoms with Gasteiger partial charge in [0.25, 0.3) is 0 Å². The number of nitrogens with one attached hydrogen (secondary N) is 1. The van der Waals surface area contributed by atoms with Crippen molar-refractivity contribution in [2.45, 2.75) is 24.5 Å². The molecule has 0 radical (unpaired) electrons. The Balaban J connectivity index is 1.70. The summed E-state index contributed by atoms with van der Waals surface area (Å²) < 4.78 is 24.1. The normalized spacial score (nSPS) is 22.1. The molecule has 0 aromatic carbocycles. The summed E-state index contributed by atoms with van der Waals surface area (Å²) in [6.07, 6.45) is 4.68. The van der Waals surface area contributed by atoms with E-state index in [2.05, 4.69) is 6.58 Å². The quantitative estimate of drug-likeness (QED) is 0.762. The van der Waals surface area contributed by atoms with Gasteiger partial charge < -0.3 is 14.5 Å². The fourth-order valence-electron chi connectivity index (χ4n) is 2.84. The molecule has 0 bridgehead atoms. The molecule has 0 aromatic rings. The third kappa shape index (κ3) is 4.70. The minimum atomic E-state index is -2.55. The first-order valence-electron chi connectivity index (χ1n) is 7.84. The van der Waals surface area contributed by atoms with Crippen molar-refractivity contribution in [3.05, 3.63) is 12.7 Å². The van der Waals surface area contributed by atoms with Crippen LogP contribution in [0.1, 0.15) is 19.3 Å². The second-order valence-electron chi connectivity index (χ2n) is 6.32. The highest BCUT2D eigenvalue weighted by Crippen LogP contribution is 2.24. The molecule has 130 valence electrons. The fraction of sp³-hybridized carbons (Fsp3) is 0.733. The summed E-state index contributed by atoms with van der Waals surface area (Å²) in [6.45, 7) is 5.79. The third-order valence-electron chi connectivity index (χ3n) is 4.50. The van der Waals surface area contributed by atoms with Crippen molar-refractivity contribution in [3.8, 4) is 0 Å². The molecular formula is C15H25N3O4S. The first-order chi connectivity index (χ1) is 10.8. The van der Waals surface area contributed by atoms with Crippen molar-refractivity contribution in [2.75, 3.05) is 39.0 Å². The van der Waals surface area contributed by atoms with Crippen molar-refractivity contribution in [1.29, 1.82) is 4.78 Å². The van der Waals surface area contributed by atoms with Crippen LogP contribution in [0, 0.1) is 10.7 Å². The smallest absolute Gasteiger partial charge is 0.410 e. The molecule has 1 unspecified atom stereocenters. The number of amides is 2. The van der Waals surface area contributed by atoms with Gasteiger partial charge in [0.15, 0.2) is 0 Å². The predicted octanol–water partition coefficient (Wildman–Crippen LogP) is 1.30. The average molecular weight is 343 g/mol. The van der Waals surface area contributed by atoms with Gasteiger partial charge in [-0.3, -0.25) is 9.57 Å². The third-order valence-corrected chi connectivity index (χ3v) is 6.07. The highest BCUT2D eigenvalue weighted by Gasteiger charge is 2.36. The molecule has 1 N–H and O–H groups in total. The van der Waals surface area contributed by atoms with Gasteiger partial charge >= 0.3 is 6.09 Å². The molecule has 0 aliphatic carbocycles. The van der Waals surface area contributed by atoms with Crippen LogP contribution in [0.2, 0.25) is 0 Å². The molecule has 2 aliphatic rings. The molecular weight excluding hydrogens is 318 g/mol. The van der Waals surface area contributed by atoms with Gasteiger partial charge in [0, 0.05) is 48.6 Å². The standard InChI is InChI=1S/C15H25N3O4S/c1-3-8-22-15(20)17-6-4-12(5-7-17)9-14(19)18-10-13(11-18)23(2,16)21/h3,12-13,16H,1,4-11H2,2H3. The van der Waals surface area contributed by atoms with E-state index in [-0.39, 0.29) is 29.8 Å². The lowest BCUT2D eigenvalue weighted by atomic mass is 9.92. The van der Waals surface area contributed by atoms with Crippen LogP contribution >= 0.6 is 0 Å². The number of carbonyl (C=O) groups excluding carboxylic acids is 2. The van der Waals surface area contributed by atoms with E-state index < -0.39 is 9.73 Å². The first-order valence-corrected chi connectivity index (χ1v) is 9.87. The molecule has 2 heterocycles. The van der Waals surface area contributed by atoms with Crippen molar-refractivity contribution >= 4 is 21.7 Å². The van der Waals surface area contributed by atoms with E-state index in [0.29, 0.717) is 32.6 Å². The van der Waals surface area contributed by atoms with Crippen molar-refractivity contribution < 1.29 is 18.5 Å². The Morgan fingerprint density at radius 1 is 1.30 bits per heavy atom. The Hall–Kier alpha value is -1.57. The van der Waals surface area contributed by atoms with Crippen LogP contribution in [0.25, 0.3) is 0 Å². The molecule has 2 rings (SSSR count). The summed E-state index contributed by atoms with van der Waals surface area (Å²) in [5.41, 5.74) is 0. The number of carbonyl (C=O) groups is 2. The molecule has 2 saturated heterocycles. The Bertz CT molecular complexity index is 561. The first kappa shape index (κ1) is 17.8. The maximum Gasteiger partial charge on any atom is 0.410 e. The zero-order valence-corrected chi connectivity index (χ0v) is 14.3. The Morgan fingerprint density at radius 2 is 1.91 bits per heavy atom. The average Bonchev–Trinajstić information content (AvgIpc) is 2.42. The Kier molecular flexibility index (Phi) is 5.67. The number of hydrogen-bond acceptors (Lipinski definition) is 5. The minimum Gasteiger partial charge on any atom is -0.445 e. The summed E-state index contributed by atoms with van der Waals surface area (Å²) in [6, 6.07) is 0. The maximum absolute atomic E-state index is 12.2. The van der Waals surface area contributed by atoms with Crippen LogP contribution in [0.5, 0.6) is 0 Å². The van der Waals surface area contributed by atoms with Crippen LogP contribution in [0.15, 0.2) is 12.7 Å². The van der Waals surface area contributed by atoms with E-state index in [0.717, 1.165) is 12.8 Å². The topological polar surface area (TPSA) is 90.8 Å². The largest absolute Gasteiger partial charge is 0.445 e. The lowest BCUT2D eigenvalue weighted by Gasteiger charge is -2.40. The van der Waals surface area contributed by atoms with E-state index in [4.69, 9.17) is 9.52 Å². The van der Waals surface area contributed by atoms with Gasteiger partial charge in [-0.2, -0.15) is 0 Å². The molecule has 2 amide bonds. The summed E-state index contributed by atoms with van der Waals surface area (Å²) in [7, 11) is -2.55. The number of rotatable bonds is 5.